The fraction of sp³-hybridized carbons (Fsp3) is 0.222. The minimum Gasteiger partial charge on any atom is -0.479 e. The number of benzene rings is 2. The van der Waals surface area contributed by atoms with E-state index in [9.17, 15) is 27.9 Å². The van der Waals surface area contributed by atoms with E-state index < -0.39 is 29.2 Å². The Morgan fingerprint density at radius 2 is 1.64 bits per heavy atom. The Morgan fingerprint density at radius 3 is 2.16 bits per heavy atom. The standard InChI is InChI=1S/C18H14F3NO3/c19-18(20,21)13-8-6-12(7-9-13)15(23)22-17(16(24)25)10-14(17)11-4-2-1-3-5-11/h1-9,14H,10H2,(H,22,23)(H,24,25). The van der Waals surface area contributed by atoms with Crippen molar-refractivity contribution in [2.45, 2.75) is 24.1 Å². The van der Waals surface area contributed by atoms with Crippen LogP contribution < -0.4 is 5.32 Å². The minimum absolute atomic E-state index is 0.0210. The fourth-order valence-electron chi connectivity index (χ4n) is 2.86. The molecule has 1 aliphatic carbocycles. The number of aliphatic carboxylic acids is 1. The van der Waals surface area contributed by atoms with Gasteiger partial charge < -0.3 is 10.4 Å². The first-order chi connectivity index (χ1) is 11.7. The van der Waals surface area contributed by atoms with Crippen molar-refractivity contribution >= 4 is 11.9 Å². The number of rotatable bonds is 4. The first kappa shape index (κ1) is 17.0. The van der Waals surface area contributed by atoms with Crippen LogP contribution in [0.2, 0.25) is 0 Å². The molecule has 25 heavy (non-hydrogen) atoms. The number of carbonyl (C=O) groups excluding carboxylic acids is 1. The number of halogens is 3. The number of nitrogens with one attached hydrogen (secondary N) is 1. The summed E-state index contributed by atoms with van der Waals surface area (Å²) >= 11 is 0. The quantitative estimate of drug-likeness (QED) is 0.889. The van der Waals surface area contributed by atoms with Crippen LogP contribution in [0, 0.1) is 0 Å². The van der Waals surface area contributed by atoms with Crippen molar-refractivity contribution in [3.8, 4) is 0 Å². The third-order valence-electron chi connectivity index (χ3n) is 4.36. The van der Waals surface area contributed by atoms with Crippen LogP contribution in [-0.4, -0.2) is 22.5 Å². The molecule has 4 nitrogen and oxygen atoms in total. The van der Waals surface area contributed by atoms with Gasteiger partial charge in [-0.3, -0.25) is 4.79 Å². The van der Waals surface area contributed by atoms with Crippen LogP contribution in [0.3, 0.4) is 0 Å². The van der Waals surface area contributed by atoms with Crippen molar-refractivity contribution < 1.29 is 27.9 Å². The van der Waals surface area contributed by atoms with Crippen LogP contribution in [0.15, 0.2) is 54.6 Å². The second-order valence-corrected chi connectivity index (χ2v) is 5.97. The molecule has 2 atom stereocenters. The predicted molar refractivity (Wildman–Crippen MR) is 83.1 cm³/mol. The van der Waals surface area contributed by atoms with Gasteiger partial charge in [0.05, 0.1) is 5.56 Å². The monoisotopic (exact) mass is 349 g/mol. The van der Waals surface area contributed by atoms with E-state index in [2.05, 4.69) is 5.32 Å². The molecule has 1 fully saturated rings. The summed E-state index contributed by atoms with van der Waals surface area (Å²) in [6.45, 7) is 0. The third kappa shape index (κ3) is 3.22. The van der Waals surface area contributed by atoms with Gasteiger partial charge in [0, 0.05) is 11.5 Å². The van der Waals surface area contributed by atoms with E-state index in [1.165, 1.54) is 0 Å². The summed E-state index contributed by atoms with van der Waals surface area (Å²) in [7, 11) is 0. The number of amides is 1. The lowest BCUT2D eigenvalue weighted by Gasteiger charge is -2.15. The van der Waals surface area contributed by atoms with E-state index in [0.717, 1.165) is 29.8 Å². The van der Waals surface area contributed by atoms with E-state index in [4.69, 9.17) is 0 Å². The Morgan fingerprint density at radius 1 is 1.04 bits per heavy atom. The maximum absolute atomic E-state index is 12.6. The Hall–Kier alpha value is -2.83. The first-order valence-corrected chi connectivity index (χ1v) is 7.52. The summed E-state index contributed by atoms with van der Waals surface area (Å²) < 4.78 is 37.7. The van der Waals surface area contributed by atoms with Gasteiger partial charge in [-0.2, -0.15) is 13.2 Å². The second-order valence-electron chi connectivity index (χ2n) is 5.97. The van der Waals surface area contributed by atoms with Gasteiger partial charge in [-0.05, 0) is 36.2 Å². The number of hydrogen-bond donors (Lipinski definition) is 2. The largest absolute Gasteiger partial charge is 0.479 e. The average molecular weight is 349 g/mol. The van der Waals surface area contributed by atoms with E-state index in [-0.39, 0.29) is 17.9 Å². The van der Waals surface area contributed by atoms with Crippen molar-refractivity contribution in [2.24, 2.45) is 0 Å². The van der Waals surface area contributed by atoms with Crippen molar-refractivity contribution in [2.75, 3.05) is 0 Å². The van der Waals surface area contributed by atoms with E-state index in [1.807, 2.05) is 0 Å². The highest BCUT2D eigenvalue weighted by molar-refractivity contribution is 5.99. The highest BCUT2D eigenvalue weighted by atomic mass is 19.4. The number of carbonyl (C=O) groups is 2. The molecule has 1 saturated carbocycles. The van der Waals surface area contributed by atoms with Crippen molar-refractivity contribution in [1.82, 2.24) is 5.32 Å². The molecule has 2 aromatic carbocycles. The topological polar surface area (TPSA) is 66.4 Å². The molecular weight excluding hydrogens is 335 g/mol. The molecule has 2 aromatic rings. The van der Waals surface area contributed by atoms with Crippen LogP contribution in [0.4, 0.5) is 13.2 Å². The van der Waals surface area contributed by atoms with Gasteiger partial charge in [0.2, 0.25) is 0 Å². The molecule has 3 rings (SSSR count). The third-order valence-corrected chi connectivity index (χ3v) is 4.36. The summed E-state index contributed by atoms with van der Waals surface area (Å²) in [6.07, 6.45) is -4.26. The molecule has 0 aromatic heterocycles. The predicted octanol–water partition coefficient (Wildman–Crippen LogP) is 3.45. The van der Waals surface area contributed by atoms with Gasteiger partial charge in [0.1, 0.15) is 5.54 Å². The molecule has 0 spiro atoms. The highest BCUT2D eigenvalue weighted by Crippen LogP contribution is 2.51. The van der Waals surface area contributed by atoms with Crippen LogP contribution in [0.25, 0.3) is 0 Å². The zero-order valence-electron chi connectivity index (χ0n) is 12.9. The lowest BCUT2D eigenvalue weighted by Crippen LogP contribution is -2.44. The molecule has 2 N–H and O–H groups in total. The average Bonchev–Trinajstić information content (AvgIpc) is 3.31. The van der Waals surface area contributed by atoms with Crippen LogP contribution >= 0.6 is 0 Å². The van der Waals surface area contributed by atoms with Gasteiger partial charge in [-0.25, -0.2) is 4.79 Å². The van der Waals surface area contributed by atoms with Crippen LogP contribution in [-0.2, 0) is 11.0 Å². The van der Waals surface area contributed by atoms with Crippen molar-refractivity contribution in [1.29, 1.82) is 0 Å². The number of carboxylic acid groups (broad SMARTS) is 1. The SMILES string of the molecule is O=C(NC1(C(=O)O)CC1c1ccccc1)c1ccc(C(F)(F)F)cc1. The smallest absolute Gasteiger partial charge is 0.416 e. The van der Waals surface area contributed by atoms with Gasteiger partial charge in [-0.1, -0.05) is 30.3 Å². The molecule has 0 aliphatic heterocycles. The molecule has 0 bridgehead atoms. The first-order valence-electron chi connectivity index (χ1n) is 7.52. The Labute approximate surface area is 141 Å². The zero-order valence-corrected chi connectivity index (χ0v) is 12.9. The summed E-state index contributed by atoms with van der Waals surface area (Å²) in [5, 5.41) is 12.0. The molecule has 0 heterocycles. The maximum atomic E-state index is 12.6. The van der Waals surface area contributed by atoms with E-state index >= 15 is 0 Å². The Balaban J connectivity index is 1.78. The minimum atomic E-state index is -4.49. The van der Waals surface area contributed by atoms with Gasteiger partial charge in [0.25, 0.3) is 5.91 Å². The zero-order chi connectivity index (χ0) is 18.2. The molecule has 1 amide bonds. The van der Waals surface area contributed by atoms with Crippen molar-refractivity contribution in [3.05, 3.63) is 71.3 Å². The summed E-state index contributed by atoms with van der Waals surface area (Å²) in [5.74, 6) is -2.25. The van der Waals surface area contributed by atoms with E-state index in [0.29, 0.717) is 0 Å². The van der Waals surface area contributed by atoms with E-state index in [1.54, 1.807) is 30.3 Å². The second kappa shape index (κ2) is 5.91. The van der Waals surface area contributed by atoms with Crippen LogP contribution in [0.5, 0.6) is 0 Å². The maximum Gasteiger partial charge on any atom is 0.416 e. The normalized spacial score (nSPS) is 22.3. The molecule has 1 aliphatic rings. The van der Waals surface area contributed by atoms with Gasteiger partial charge in [-0.15, -0.1) is 0 Å². The van der Waals surface area contributed by atoms with Crippen molar-refractivity contribution in [3.63, 3.8) is 0 Å². The number of alkyl halides is 3. The van der Waals surface area contributed by atoms with Gasteiger partial charge in [0.15, 0.2) is 0 Å². The number of hydrogen-bond acceptors (Lipinski definition) is 2. The lowest BCUT2D eigenvalue weighted by atomic mass is 10.1. The Kier molecular flexibility index (Phi) is 4.02. The molecule has 0 saturated heterocycles. The Bertz CT molecular complexity index is 803. The molecule has 2 unspecified atom stereocenters. The molecular formula is C18H14F3NO3. The number of carboxylic acids is 1. The van der Waals surface area contributed by atoms with Gasteiger partial charge >= 0.3 is 12.1 Å². The fourth-order valence-corrected chi connectivity index (χ4v) is 2.86. The highest BCUT2D eigenvalue weighted by Gasteiger charge is 2.62. The van der Waals surface area contributed by atoms with Crippen LogP contribution in [0.1, 0.15) is 33.8 Å². The summed E-state index contributed by atoms with van der Waals surface area (Å²) in [5.41, 5.74) is -1.53. The lowest BCUT2D eigenvalue weighted by molar-refractivity contribution is -0.140. The molecule has 130 valence electrons. The summed E-state index contributed by atoms with van der Waals surface area (Å²) in [6, 6.07) is 12.6. The summed E-state index contributed by atoms with van der Waals surface area (Å²) in [4.78, 5) is 23.9. The molecule has 0 radical (unpaired) electrons. The molecule has 7 heteroatoms.